The van der Waals surface area contributed by atoms with Crippen molar-refractivity contribution < 1.29 is 4.42 Å². The molecule has 4 heteroatoms. The van der Waals surface area contributed by atoms with Crippen LogP contribution in [-0.4, -0.2) is 0 Å². The van der Waals surface area contributed by atoms with Crippen LogP contribution in [0.25, 0.3) is 0 Å². The first kappa shape index (κ1) is 11.3. The minimum absolute atomic E-state index is 0.660. The van der Waals surface area contributed by atoms with Crippen molar-refractivity contribution in [3.05, 3.63) is 46.3 Å². The maximum atomic E-state index is 9.08. The van der Waals surface area contributed by atoms with E-state index in [9.17, 15) is 0 Å². The van der Waals surface area contributed by atoms with E-state index in [0.29, 0.717) is 5.56 Å². The lowest BCUT2D eigenvalue weighted by Crippen LogP contribution is -1.83. The van der Waals surface area contributed by atoms with Crippen molar-refractivity contribution in [2.24, 2.45) is 0 Å². The average molecular weight is 294 g/mol. The van der Waals surface area contributed by atoms with E-state index in [1.807, 2.05) is 31.2 Å². The molecule has 0 bridgehead atoms. The fraction of sp³-hybridized carbons (Fsp3) is 0.0833. The molecule has 0 unspecified atom stereocenters. The fourth-order valence-corrected chi connectivity index (χ4v) is 2.84. The molecule has 16 heavy (non-hydrogen) atoms. The van der Waals surface area contributed by atoms with Crippen LogP contribution >= 0.6 is 27.7 Å². The molecule has 80 valence electrons. The summed E-state index contributed by atoms with van der Waals surface area (Å²) in [5.41, 5.74) is 0.660. The van der Waals surface area contributed by atoms with Crippen molar-refractivity contribution in [3.63, 3.8) is 0 Å². The van der Waals surface area contributed by atoms with Crippen LogP contribution in [0.2, 0.25) is 0 Å². The van der Waals surface area contributed by atoms with Crippen LogP contribution in [0.5, 0.6) is 0 Å². The van der Waals surface area contributed by atoms with Gasteiger partial charge in [-0.2, -0.15) is 5.26 Å². The highest BCUT2D eigenvalue weighted by molar-refractivity contribution is 9.10. The van der Waals surface area contributed by atoms with Crippen LogP contribution in [0.1, 0.15) is 11.3 Å². The smallest absolute Gasteiger partial charge is 0.114 e. The van der Waals surface area contributed by atoms with Gasteiger partial charge in [0, 0.05) is 9.37 Å². The Morgan fingerprint density at radius 1 is 1.31 bits per heavy atom. The standard InChI is InChI=1S/C12H8BrNOS/c1-8-11(5-6-15-8)16-12-4-2-3-10(13)9(12)7-14/h2-6H,1H3. The van der Waals surface area contributed by atoms with E-state index in [-0.39, 0.29) is 0 Å². The summed E-state index contributed by atoms with van der Waals surface area (Å²) in [6, 6.07) is 9.82. The number of aryl methyl sites for hydroxylation is 1. The lowest BCUT2D eigenvalue weighted by molar-refractivity contribution is 0.527. The van der Waals surface area contributed by atoms with Gasteiger partial charge in [-0.25, -0.2) is 0 Å². The second-order valence-corrected chi connectivity index (χ2v) is 5.11. The summed E-state index contributed by atoms with van der Waals surface area (Å²) in [4.78, 5) is 1.97. The van der Waals surface area contributed by atoms with Crippen molar-refractivity contribution in [3.8, 4) is 6.07 Å². The zero-order valence-electron chi connectivity index (χ0n) is 8.53. The van der Waals surface area contributed by atoms with Gasteiger partial charge in [0.1, 0.15) is 11.8 Å². The van der Waals surface area contributed by atoms with Gasteiger partial charge in [-0.3, -0.25) is 0 Å². The molecule has 1 aromatic carbocycles. The average Bonchev–Trinajstić information content (AvgIpc) is 2.65. The second-order valence-electron chi connectivity index (χ2n) is 3.17. The van der Waals surface area contributed by atoms with E-state index in [0.717, 1.165) is 20.0 Å². The van der Waals surface area contributed by atoms with Gasteiger partial charge in [-0.1, -0.05) is 17.8 Å². The molecule has 0 saturated heterocycles. The Labute approximate surface area is 106 Å². The number of halogens is 1. The quantitative estimate of drug-likeness (QED) is 0.825. The van der Waals surface area contributed by atoms with E-state index >= 15 is 0 Å². The van der Waals surface area contributed by atoms with Crippen LogP contribution in [0, 0.1) is 18.3 Å². The zero-order valence-corrected chi connectivity index (χ0v) is 10.9. The second kappa shape index (κ2) is 4.77. The predicted molar refractivity (Wildman–Crippen MR) is 66.4 cm³/mol. The van der Waals surface area contributed by atoms with Crippen molar-refractivity contribution in [2.75, 3.05) is 0 Å². The Morgan fingerprint density at radius 3 is 2.75 bits per heavy atom. The van der Waals surface area contributed by atoms with E-state index < -0.39 is 0 Å². The van der Waals surface area contributed by atoms with Gasteiger partial charge in [0.15, 0.2) is 0 Å². The number of hydrogen-bond acceptors (Lipinski definition) is 3. The van der Waals surface area contributed by atoms with Crippen LogP contribution < -0.4 is 0 Å². The Hall–Kier alpha value is -1.18. The first-order valence-electron chi connectivity index (χ1n) is 4.63. The van der Waals surface area contributed by atoms with Crippen molar-refractivity contribution in [2.45, 2.75) is 16.7 Å². The van der Waals surface area contributed by atoms with Crippen molar-refractivity contribution in [1.29, 1.82) is 5.26 Å². The minimum atomic E-state index is 0.660. The summed E-state index contributed by atoms with van der Waals surface area (Å²) < 4.78 is 6.05. The molecule has 1 aromatic heterocycles. The molecule has 0 saturated carbocycles. The molecule has 2 nitrogen and oxygen atoms in total. The van der Waals surface area contributed by atoms with Crippen molar-refractivity contribution in [1.82, 2.24) is 0 Å². The molecule has 2 aromatic rings. The first-order valence-corrected chi connectivity index (χ1v) is 6.24. The van der Waals surface area contributed by atoms with Gasteiger partial charge in [0.05, 0.1) is 16.7 Å². The Kier molecular flexibility index (Phi) is 3.37. The van der Waals surface area contributed by atoms with Crippen LogP contribution in [0.4, 0.5) is 0 Å². The number of rotatable bonds is 2. The third-order valence-electron chi connectivity index (χ3n) is 2.12. The van der Waals surface area contributed by atoms with Gasteiger partial charge >= 0.3 is 0 Å². The fourth-order valence-electron chi connectivity index (χ4n) is 1.30. The first-order chi connectivity index (χ1) is 7.72. The molecular weight excluding hydrogens is 286 g/mol. The normalized spacial score (nSPS) is 10.1. The van der Waals surface area contributed by atoms with Gasteiger partial charge in [0.2, 0.25) is 0 Å². The molecule has 2 rings (SSSR count). The highest BCUT2D eigenvalue weighted by Gasteiger charge is 2.10. The Bertz CT molecular complexity index is 556. The third-order valence-corrected chi connectivity index (χ3v) is 3.98. The lowest BCUT2D eigenvalue weighted by Gasteiger charge is -2.03. The monoisotopic (exact) mass is 293 g/mol. The highest BCUT2D eigenvalue weighted by Crippen LogP contribution is 2.35. The zero-order chi connectivity index (χ0) is 11.5. The molecule has 0 fully saturated rings. The molecule has 0 aliphatic heterocycles. The summed E-state index contributed by atoms with van der Waals surface area (Å²) in [6.45, 7) is 1.91. The van der Waals surface area contributed by atoms with Crippen molar-refractivity contribution >= 4 is 27.7 Å². The van der Waals surface area contributed by atoms with Gasteiger partial charge in [-0.05, 0) is 41.1 Å². The SMILES string of the molecule is Cc1occc1Sc1cccc(Br)c1C#N. The summed E-state index contributed by atoms with van der Waals surface area (Å²) in [5, 5.41) is 9.08. The molecular formula is C12H8BrNOS. The maximum absolute atomic E-state index is 9.08. The number of hydrogen-bond donors (Lipinski definition) is 0. The third kappa shape index (κ3) is 2.16. The van der Waals surface area contributed by atoms with Crippen LogP contribution in [0.15, 0.2) is 49.2 Å². The Balaban J connectivity index is 2.40. The summed E-state index contributed by atoms with van der Waals surface area (Å²) in [5.74, 6) is 0.869. The topological polar surface area (TPSA) is 36.9 Å². The number of benzene rings is 1. The maximum Gasteiger partial charge on any atom is 0.114 e. The predicted octanol–water partition coefficient (Wildman–Crippen LogP) is 4.37. The van der Waals surface area contributed by atoms with E-state index in [1.54, 1.807) is 6.26 Å². The Morgan fingerprint density at radius 2 is 2.12 bits per heavy atom. The molecule has 1 heterocycles. The number of furan rings is 1. The lowest BCUT2D eigenvalue weighted by atomic mass is 10.2. The minimum Gasteiger partial charge on any atom is -0.468 e. The highest BCUT2D eigenvalue weighted by atomic mass is 79.9. The molecule has 0 N–H and O–H groups in total. The van der Waals surface area contributed by atoms with Gasteiger partial charge < -0.3 is 4.42 Å². The number of nitriles is 1. The molecule has 0 radical (unpaired) electrons. The van der Waals surface area contributed by atoms with E-state index in [1.165, 1.54) is 11.8 Å². The molecule has 0 spiro atoms. The number of nitrogens with zero attached hydrogens (tertiary/aromatic N) is 1. The summed E-state index contributed by atoms with van der Waals surface area (Å²) >= 11 is 4.91. The molecule has 0 atom stereocenters. The summed E-state index contributed by atoms with van der Waals surface area (Å²) in [6.07, 6.45) is 1.65. The van der Waals surface area contributed by atoms with Gasteiger partial charge in [-0.15, -0.1) is 0 Å². The largest absolute Gasteiger partial charge is 0.468 e. The molecule has 0 aliphatic carbocycles. The van der Waals surface area contributed by atoms with E-state index in [4.69, 9.17) is 9.68 Å². The van der Waals surface area contributed by atoms with E-state index in [2.05, 4.69) is 22.0 Å². The van der Waals surface area contributed by atoms with Crippen LogP contribution in [-0.2, 0) is 0 Å². The van der Waals surface area contributed by atoms with Crippen LogP contribution in [0.3, 0.4) is 0 Å². The molecule has 0 amide bonds. The molecule has 0 aliphatic rings. The van der Waals surface area contributed by atoms with Gasteiger partial charge in [0.25, 0.3) is 0 Å². The summed E-state index contributed by atoms with van der Waals surface area (Å²) in [7, 11) is 0.